The first-order chi connectivity index (χ1) is 12.5. The van der Waals surface area contributed by atoms with Crippen LogP contribution in [0, 0.1) is 5.92 Å². The topological polar surface area (TPSA) is 77.9 Å². The first-order valence-electron chi connectivity index (χ1n) is 9.54. The number of aromatic nitrogens is 1. The van der Waals surface area contributed by atoms with Gasteiger partial charge in [0.1, 0.15) is 0 Å². The second kappa shape index (κ2) is 8.68. The molecular weight excluding hydrogens is 332 g/mol. The summed E-state index contributed by atoms with van der Waals surface area (Å²) in [5.41, 5.74) is 0.956. The van der Waals surface area contributed by atoms with Crippen molar-refractivity contribution < 1.29 is 14.6 Å². The number of β-amino-alcohol motifs (C(OH)–C–C–N with tert-alkyl or cyclic N) is 1. The van der Waals surface area contributed by atoms with E-state index in [2.05, 4.69) is 22.1 Å². The van der Waals surface area contributed by atoms with E-state index in [1.165, 1.54) is 12.8 Å². The minimum Gasteiger partial charge on any atom is -0.477 e. The SMILES string of the molecule is C[C@@H](O)CN1CCN(C(=O)NCc2ccc(OCC3CC3)nc2)C[C@@H]1C. The fourth-order valence-electron chi connectivity index (χ4n) is 3.17. The molecule has 1 aliphatic heterocycles. The minimum atomic E-state index is -0.346. The van der Waals surface area contributed by atoms with Crippen molar-refractivity contribution in [1.29, 1.82) is 0 Å². The van der Waals surface area contributed by atoms with E-state index in [1.54, 1.807) is 13.1 Å². The van der Waals surface area contributed by atoms with Gasteiger partial charge in [-0.25, -0.2) is 9.78 Å². The summed E-state index contributed by atoms with van der Waals surface area (Å²) in [4.78, 5) is 20.8. The van der Waals surface area contributed by atoms with Crippen LogP contribution >= 0.6 is 0 Å². The van der Waals surface area contributed by atoms with Crippen molar-refractivity contribution >= 4 is 6.03 Å². The zero-order chi connectivity index (χ0) is 18.5. The van der Waals surface area contributed by atoms with E-state index in [9.17, 15) is 9.90 Å². The number of aliphatic hydroxyl groups excluding tert-OH is 1. The lowest BCUT2D eigenvalue weighted by Crippen LogP contribution is -2.56. The Morgan fingerprint density at radius 2 is 2.23 bits per heavy atom. The van der Waals surface area contributed by atoms with Crippen LogP contribution in [0.15, 0.2) is 18.3 Å². The molecule has 0 radical (unpaired) electrons. The predicted octanol–water partition coefficient (Wildman–Crippen LogP) is 1.47. The summed E-state index contributed by atoms with van der Waals surface area (Å²) in [6.07, 6.45) is 3.93. The van der Waals surface area contributed by atoms with Crippen LogP contribution in [0.25, 0.3) is 0 Å². The monoisotopic (exact) mass is 362 g/mol. The van der Waals surface area contributed by atoms with E-state index in [-0.39, 0.29) is 18.2 Å². The minimum absolute atomic E-state index is 0.0531. The van der Waals surface area contributed by atoms with Crippen LogP contribution in [0.2, 0.25) is 0 Å². The van der Waals surface area contributed by atoms with Crippen molar-refractivity contribution in [2.45, 2.75) is 45.4 Å². The molecule has 2 heterocycles. The second-order valence-electron chi connectivity index (χ2n) is 7.56. The van der Waals surface area contributed by atoms with Gasteiger partial charge in [0.05, 0.1) is 12.7 Å². The molecular formula is C19H30N4O3. The summed E-state index contributed by atoms with van der Waals surface area (Å²) < 4.78 is 5.63. The van der Waals surface area contributed by atoms with E-state index >= 15 is 0 Å². The lowest BCUT2D eigenvalue weighted by Gasteiger charge is -2.40. The molecule has 144 valence electrons. The first-order valence-corrected chi connectivity index (χ1v) is 9.54. The van der Waals surface area contributed by atoms with Crippen molar-refractivity contribution in [3.05, 3.63) is 23.9 Å². The molecule has 2 fully saturated rings. The molecule has 1 saturated heterocycles. The van der Waals surface area contributed by atoms with Gasteiger partial charge in [-0.15, -0.1) is 0 Å². The number of rotatable bonds is 7. The molecule has 0 bridgehead atoms. The van der Waals surface area contributed by atoms with E-state index in [0.29, 0.717) is 38.0 Å². The average Bonchev–Trinajstić information content (AvgIpc) is 3.44. The fraction of sp³-hybridized carbons (Fsp3) is 0.684. The zero-order valence-electron chi connectivity index (χ0n) is 15.7. The van der Waals surface area contributed by atoms with Gasteiger partial charge in [-0.05, 0) is 38.2 Å². The number of carbonyl (C=O) groups excluding carboxylic acids is 1. The lowest BCUT2D eigenvalue weighted by molar-refractivity contribution is 0.0566. The summed E-state index contributed by atoms with van der Waals surface area (Å²) in [6, 6.07) is 4.00. The van der Waals surface area contributed by atoms with Gasteiger partial charge in [0.15, 0.2) is 0 Å². The Morgan fingerprint density at radius 1 is 1.42 bits per heavy atom. The van der Waals surface area contributed by atoms with E-state index in [1.807, 2.05) is 17.0 Å². The highest BCUT2D eigenvalue weighted by Gasteiger charge is 2.27. The number of carbonyl (C=O) groups is 1. The van der Waals surface area contributed by atoms with Gasteiger partial charge in [-0.2, -0.15) is 0 Å². The molecule has 7 nitrogen and oxygen atoms in total. The zero-order valence-corrected chi connectivity index (χ0v) is 15.7. The van der Waals surface area contributed by atoms with Crippen LogP contribution in [-0.4, -0.2) is 70.9 Å². The third-order valence-corrected chi connectivity index (χ3v) is 4.96. The quantitative estimate of drug-likeness (QED) is 0.768. The van der Waals surface area contributed by atoms with Crippen LogP contribution < -0.4 is 10.1 Å². The Bertz CT molecular complexity index is 589. The Labute approximate surface area is 155 Å². The van der Waals surface area contributed by atoms with Crippen LogP contribution in [0.1, 0.15) is 32.3 Å². The molecule has 26 heavy (non-hydrogen) atoms. The van der Waals surface area contributed by atoms with Crippen LogP contribution in [-0.2, 0) is 6.54 Å². The van der Waals surface area contributed by atoms with Crippen molar-refractivity contribution in [1.82, 2.24) is 20.1 Å². The van der Waals surface area contributed by atoms with Gasteiger partial charge < -0.3 is 20.1 Å². The van der Waals surface area contributed by atoms with E-state index in [0.717, 1.165) is 18.7 Å². The third kappa shape index (κ3) is 5.57. The summed E-state index contributed by atoms with van der Waals surface area (Å²) in [5.74, 6) is 1.36. The number of aliphatic hydroxyl groups is 1. The number of ether oxygens (including phenoxy) is 1. The normalized spacial score (nSPS) is 22.1. The maximum atomic E-state index is 12.4. The van der Waals surface area contributed by atoms with E-state index < -0.39 is 0 Å². The molecule has 1 aromatic heterocycles. The maximum Gasteiger partial charge on any atom is 0.317 e. The molecule has 1 saturated carbocycles. The summed E-state index contributed by atoms with van der Waals surface area (Å²) in [5, 5.41) is 12.5. The molecule has 2 aliphatic rings. The molecule has 0 unspecified atom stereocenters. The van der Waals surface area contributed by atoms with Gasteiger partial charge in [-0.3, -0.25) is 4.90 Å². The number of amides is 2. The summed E-state index contributed by atoms with van der Waals surface area (Å²) in [7, 11) is 0. The van der Waals surface area contributed by atoms with Crippen LogP contribution in [0.3, 0.4) is 0 Å². The Balaban J connectivity index is 1.40. The first kappa shape index (κ1) is 18.9. The predicted molar refractivity (Wildman–Crippen MR) is 99.0 cm³/mol. The van der Waals surface area contributed by atoms with Gasteiger partial charge >= 0.3 is 6.03 Å². The number of urea groups is 1. The van der Waals surface area contributed by atoms with Gasteiger partial charge in [-0.1, -0.05) is 6.07 Å². The number of piperazine rings is 1. The maximum absolute atomic E-state index is 12.4. The molecule has 1 aromatic rings. The van der Waals surface area contributed by atoms with Crippen LogP contribution in [0.4, 0.5) is 4.79 Å². The number of nitrogens with zero attached hydrogens (tertiary/aromatic N) is 3. The molecule has 0 aromatic carbocycles. The molecule has 1 aliphatic carbocycles. The largest absolute Gasteiger partial charge is 0.477 e. The van der Waals surface area contributed by atoms with Crippen molar-refractivity contribution in [3.63, 3.8) is 0 Å². The standard InChI is InChI=1S/C19H30N4O3/c1-14-11-23(8-7-22(14)12-15(2)24)19(25)21-10-17-5-6-18(20-9-17)26-13-16-3-4-16/h5-6,9,14-16,24H,3-4,7-8,10-13H2,1-2H3,(H,21,25)/t14-,15+/m0/s1. The van der Waals surface area contributed by atoms with Gasteiger partial charge in [0.25, 0.3) is 0 Å². The Morgan fingerprint density at radius 3 is 2.85 bits per heavy atom. The smallest absolute Gasteiger partial charge is 0.317 e. The highest BCUT2D eigenvalue weighted by molar-refractivity contribution is 5.74. The Hall–Kier alpha value is -1.86. The fourth-order valence-corrected chi connectivity index (χ4v) is 3.17. The molecule has 7 heteroatoms. The molecule has 2 N–H and O–H groups in total. The lowest BCUT2D eigenvalue weighted by atomic mass is 10.2. The van der Waals surface area contributed by atoms with Crippen molar-refractivity contribution in [3.8, 4) is 5.88 Å². The highest BCUT2D eigenvalue weighted by Crippen LogP contribution is 2.29. The number of hydrogen-bond acceptors (Lipinski definition) is 5. The average molecular weight is 362 g/mol. The van der Waals surface area contributed by atoms with Crippen molar-refractivity contribution in [2.75, 3.05) is 32.8 Å². The Kier molecular flexibility index (Phi) is 6.32. The summed E-state index contributed by atoms with van der Waals surface area (Å²) in [6.45, 7) is 7.87. The van der Waals surface area contributed by atoms with Gasteiger partial charge in [0, 0.05) is 51.0 Å². The van der Waals surface area contributed by atoms with E-state index in [4.69, 9.17) is 4.74 Å². The second-order valence-corrected chi connectivity index (χ2v) is 7.56. The highest BCUT2D eigenvalue weighted by atomic mass is 16.5. The van der Waals surface area contributed by atoms with Crippen LogP contribution in [0.5, 0.6) is 5.88 Å². The molecule has 2 atom stereocenters. The van der Waals surface area contributed by atoms with Crippen molar-refractivity contribution in [2.24, 2.45) is 5.92 Å². The molecule has 2 amide bonds. The number of nitrogens with one attached hydrogen (secondary N) is 1. The third-order valence-electron chi connectivity index (χ3n) is 4.96. The molecule has 3 rings (SSSR count). The number of pyridine rings is 1. The summed E-state index contributed by atoms with van der Waals surface area (Å²) >= 11 is 0. The molecule has 0 spiro atoms. The van der Waals surface area contributed by atoms with Gasteiger partial charge in [0.2, 0.25) is 5.88 Å². The number of hydrogen-bond donors (Lipinski definition) is 2.